The SMILES string of the molecule is CC(Br)CCc1cc(Cl)ccc1F. The molecule has 0 aliphatic carbocycles. The van der Waals surface area contributed by atoms with E-state index in [1.165, 1.54) is 6.07 Å². The summed E-state index contributed by atoms with van der Waals surface area (Å²) in [6, 6.07) is 4.67. The summed E-state index contributed by atoms with van der Waals surface area (Å²) in [7, 11) is 0. The molecule has 1 aromatic rings. The second kappa shape index (κ2) is 4.97. The highest BCUT2D eigenvalue weighted by Gasteiger charge is 2.04. The molecule has 0 spiro atoms. The number of benzene rings is 1. The Morgan fingerprint density at radius 1 is 1.54 bits per heavy atom. The maximum absolute atomic E-state index is 13.1. The number of halogens is 3. The predicted molar refractivity (Wildman–Crippen MR) is 58.1 cm³/mol. The zero-order valence-electron chi connectivity index (χ0n) is 7.36. The minimum absolute atomic E-state index is 0.169. The van der Waals surface area contributed by atoms with Gasteiger partial charge in [-0.1, -0.05) is 34.5 Å². The van der Waals surface area contributed by atoms with Crippen molar-refractivity contribution in [2.75, 3.05) is 0 Å². The fraction of sp³-hybridized carbons (Fsp3) is 0.400. The molecule has 1 aromatic carbocycles. The summed E-state index contributed by atoms with van der Waals surface area (Å²) in [5.41, 5.74) is 0.693. The fourth-order valence-corrected chi connectivity index (χ4v) is 1.51. The average Bonchev–Trinajstić information content (AvgIpc) is 2.06. The molecule has 1 atom stereocenters. The molecule has 0 aromatic heterocycles. The van der Waals surface area contributed by atoms with E-state index in [9.17, 15) is 4.39 Å². The molecule has 0 saturated carbocycles. The van der Waals surface area contributed by atoms with Crippen molar-refractivity contribution >= 4 is 27.5 Å². The fourth-order valence-electron chi connectivity index (χ4n) is 1.09. The van der Waals surface area contributed by atoms with Gasteiger partial charge in [-0.2, -0.15) is 0 Å². The van der Waals surface area contributed by atoms with Crippen LogP contribution in [0.2, 0.25) is 5.02 Å². The zero-order valence-corrected chi connectivity index (χ0v) is 9.70. The highest BCUT2D eigenvalue weighted by molar-refractivity contribution is 9.09. The lowest BCUT2D eigenvalue weighted by atomic mass is 10.1. The molecular weight excluding hydrogens is 254 g/mol. The van der Waals surface area contributed by atoms with Gasteiger partial charge < -0.3 is 0 Å². The van der Waals surface area contributed by atoms with E-state index in [0.29, 0.717) is 15.4 Å². The van der Waals surface area contributed by atoms with Gasteiger partial charge >= 0.3 is 0 Å². The third-order valence-electron chi connectivity index (χ3n) is 1.82. The van der Waals surface area contributed by atoms with Crippen LogP contribution < -0.4 is 0 Å². The van der Waals surface area contributed by atoms with E-state index < -0.39 is 0 Å². The Morgan fingerprint density at radius 2 is 2.23 bits per heavy atom. The van der Waals surface area contributed by atoms with Crippen LogP contribution in [0.15, 0.2) is 18.2 Å². The van der Waals surface area contributed by atoms with Gasteiger partial charge in [0, 0.05) is 9.85 Å². The largest absolute Gasteiger partial charge is 0.207 e. The van der Waals surface area contributed by atoms with Crippen LogP contribution >= 0.6 is 27.5 Å². The molecule has 0 heterocycles. The zero-order chi connectivity index (χ0) is 9.84. The van der Waals surface area contributed by atoms with Crippen LogP contribution in [0.4, 0.5) is 4.39 Å². The molecule has 1 unspecified atom stereocenters. The van der Waals surface area contributed by atoms with Crippen LogP contribution in [-0.2, 0) is 6.42 Å². The van der Waals surface area contributed by atoms with E-state index in [1.54, 1.807) is 12.1 Å². The molecule has 0 bridgehead atoms. The lowest BCUT2D eigenvalue weighted by molar-refractivity contribution is 0.604. The summed E-state index contributed by atoms with van der Waals surface area (Å²) in [5.74, 6) is -0.169. The molecule has 0 saturated heterocycles. The Kier molecular flexibility index (Phi) is 4.20. The second-order valence-corrected chi connectivity index (χ2v) is 5.05. The highest BCUT2D eigenvalue weighted by atomic mass is 79.9. The lowest BCUT2D eigenvalue weighted by Crippen LogP contribution is -1.96. The Balaban J connectivity index is 2.70. The van der Waals surface area contributed by atoms with Gasteiger partial charge in [0.25, 0.3) is 0 Å². The highest BCUT2D eigenvalue weighted by Crippen LogP contribution is 2.18. The molecule has 3 heteroatoms. The number of hydrogen-bond acceptors (Lipinski definition) is 0. The second-order valence-electron chi connectivity index (χ2n) is 3.06. The van der Waals surface area contributed by atoms with Crippen LogP contribution in [0.5, 0.6) is 0 Å². The molecule has 0 fully saturated rings. The maximum Gasteiger partial charge on any atom is 0.126 e. The molecule has 0 radical (unpaired) electrons. The smallest absolute Gasteiger partial charge is 0.126 e. The van der Waals surface area contributed by atoms with Gasteiger partial charge in [0.15, 0.2) is 0 Å². The van der Waals surface area contributed by atoms with Gasteiger partial charge in [-0.25, -0.2) is 4.39 Å². The van der Waals surface area contributed by atoms with E-state index in [0.717, 1.165) is 12.8 Å². The Labute approximate surface area is 91.2 Å². The van der Waals surface area contributed by atoms with E-state index in [1.807, 2.05) is 6.92 Å². The van der Waals surface area contributed by atoms with Gasteiger partial charge in [-0.3, -0.25) is 0 Å². The van der Waals surface area contributed by atoms with Crippen molar-refractivity contribution in [2.24, 2.45) is 0 Å². The van der Waals surface area contributed by atoms with Crippen LogP contribution in [-0.4, -0.2) is 4.83 Å². The first-order valence-electron chi connectivity index (χ1n) is 4.17. The standard InChI is InChI=1S/C10H11BrClF/c1-7(11)2-3-8-6-9(12)4-5-10(8)13/h4-7H,2-3H2,1H3. The first-order valence-corrected chi connectivity index (χ1v) is 5.47. The quantitative estimate of drug-likeness (QED) is 0.719. The summed E-state index contributed by atoms with van der Waals surface area (Å²) < 4.78 is 13.1. The molecule has 0 aliphatic heterocycles. The molecular formula is C10H11BrClF. The Morgan fingerprint density at radius 3 is 2.85 bits per heavy atom. The molecule has 0 aliphatic rings. The first kappa shape index (κ1) is 11.0. The first-order chi connectivity index (χ1) is 6.09. The van der Waals surface area contributed by atoms with Crippen LogP contribution in [0.1, 0.15) is 18.9 Å². The summed E-state index contributed by atoms with van der Waals surface area (Å²) in [6.07, 6.45) is 1.63. The Bertz CT molecular complexity index is 286. The van der Waals surface area contributed by atoms with Crippen LogP contribution in [0.3, 0.4) is 0 Å². The van der Waals surface area contributed by atoms with Crippen molar-refractivity contribution < 1.29 is 4.39 Å². The normalized spacial score (nSPS) is 12.9. The monoisotopic (exact) mass is 264 g/mol. The summed E-state index contributed by atoms with van der Waals surface area (Å²) in [6.45, 7) is 2.04. The van der Waals surface area contributed by atoms with E-state index in [-0.39, 0.29) is 5.82 Å². The van der Waals surface area contributed by atoms with Gasteiger partial charge in [-0.15, -0.1) is 0 Å². The van der Waals surface area contributed by atoms with Crippen LogP contribution in [0, 0.1) is 5.82 Å². The maximum atomic E-state index is 13.1. The number of aryl methyl sites for hydroxylation is 1. The van der Waals surface area contributed by atoms with Crippen molar-refractivity contribution in [3.63, 3.8) is 0 Å². The van der Waals surface area contributed by atoms with E-state index in [4.69, 9.17) is 11.6 Å². The van der Waals surface area contributed by atoms with Crippen molar-refractivity contribution in [1.82, 2.24) is 0 Å². The number of rotatable bonds is 3. The minimum atomic E-state index is -0.169. The van der Waals surface area contributed by atoms with Gasteiger partial charge in [-0.05, 0) is 36.6 Å². The molecule has 72 valence electrons. The van der Waals surface area contributed by atoms with Crippen molar-refractivity contribution in [2.45, 2.75) is 24.6 Å². The van der Waals surface area contributed by atoms with Gasteiger partial charge in [0.2, 0.25) is 0 Å². The number of alkyl halides is 1. The van der Waals surface area contributed by atoms with E-state index in [2.05, 4.69) is 15.9 Å². The Hall–Kier alpha value is -0.0800. The summed E-state index contributed by atoms with van der Waals surface area (Å²) >= 11 is 9.17. The van der Waals surface area contributed by atoms with Crippen LogP contribution in [0.25, 0.3) is 0 Å². The molecule has 0 amide bonds. The molecule has 0 nitrogen and oxygen atoms in total. The lowest BCUT2D eigenvalue weighted by Gasteiger charge is -2.05. The van der Waals surface area contributed by atoms with Crippen molar-refractivity contribution in [1.29, 1.82) is 0 Å². The molecule has 1 rings (SSSR count). The molecule has 13 heavy (non-hydrogen) atoms. The predicted octanol–water partition coefficient (Wildman–Crippen LogP) is 4.20. The van der Waals surface area contributed by atoms with Crippen molar-refractivity contribution in [3.05, 3.63) is 34.6 Å². The number of hydrogen-bond donors (Lipinski definition) is 0. The summed E-state index contributed by atoms with van der Waals surface area (Å²) in [4.78, 5) is 0.408. The molecule has 0 N–H and O–H groups in total. The van der Waals surface area contributed by atoms with Crippen molar-refractivity contribution in [3.8, 4) is 0 Å². The third-order valence-corrected chi connectivity index (χ3v) is 2.51. The topological polar surface area (TPSA) is 0 Å². The third kappa shape index (κ3) is 3.65. The van der Waals surface area contributed by atoms with Gasteiger partial charge in [0.1, 0.15) is 5.82 Å². The van der Waals surface area contributed by atoms with Gasteiger partial charge in [0.05, 0.1) is 0 Å². The average molecular weight is 266 g/mol. The summed E-state index contributed by atoms with van der Waals surface area (Å²) in [5, 5.41) is 0.596. The minimum Gasteiger partial charge on any atom is -0.207 e. The van der Waals surface area contributed by atoms with E-state index >= 15 is 0 Å².